The van der Waals surface area contributed by atoms with Crippen molar-refractivity contribution in [2.75, 3.05) is 30.9 Å². The first-order chi connectivity index (χ1) is 10.0. The zero-order valence-electron chi connectivity index (χ0n) is 12.4. The minimum atomic E-state index is -0.259. The van der Waals surface area contributed by atoms with Crippen LogP contribution in [-0.4, -0.2) is 37.9 Å². The van der Waals surface area contributed by atoms with Crippen molar-refractivity contribution < 1.29 is 9.90 Å². The number of nitrogens with zero attached hydrogens (tertiary/aromatic N) is 1. The van der Waals surface area contributed by atoms with Crippen LogP contribution >= 0.6 is 11.6 Å². The zero-order valence-corrected chi connectivity index (χ0v) is 13.2. The first-order valence-corrected chi connectivity index (χ1v) is 7.54. The summed E-state index contributed by atoms with van der Waals surface area (Å²) in [7, 11) is 3.82. The van der Waals surface area contributed by atoms with Gasteiger partial charge in [0, 0.05) is 37.7 Å². The van der Waals surface area contributed by atoms with E-state index in [4.69, 9.17) is 11.6 Å². The van der Waals surface area contributed by atoms with Gasteiger partial charge in [-0.3, -0.25) is 0 Å². The molecule has 2 atom stereocenters. The van der Waals surface area contributed by atoms with E-state index >= 15 is 0 Å². The lowest BCUT2D eigenvalue weighted by atomic mass is 10.1. The number of anilines is 2. The first-order valence-electron chi connectivity index (χ1n) is 7.16. The SMILES string of the molecule is CN(C)c1ccc(Cl)cc1NC(=O)N[C@H]1CCC[C@@H]1CO. The number of carbonyl (C=O) groups excluding carboxylic acids is 1. The number of halogens is 1. The number of carbonyl (C=O) groups is 1. The summed E-state index contributed by atoms with van der Waals surface area (Å²) in [6, 6.07) is 5.17. The molecule has 1 aliphatic rings. The largest absolute Gasteiger partial charge is 0.396 e. The van der Waals surface area contributed by atoms with Gasteiger partial charge in [-0.15, -0.1) is 0 Å². The van der Waals surface area contributed by atoms with E-state index in [1.807, 2.05) is 25.1 Å². The summed E-state index contributed by atoms with van der Waals surface area (Å²) in [6.07, 6.45) is 2.91. The highest BCUT2D eigenvalue weighted by atomic mass is 35.5. The Morgan fingerprint density at radius 1 is 1.43 bits per heavy atom. The fourth-order valence-corrected chi connectivity index (χ4v) is 2.94. The molecular formula is C15H22ClN3O2. The summed E-state index contributed by atoms with van der Waals surface area (Å²) < 4.78 is 0. The van der Waals surface area contributed by atoms with Crippen molar-refractivity contribution in [3.8, 4) is 0 Å². The third-order valence-corrected chi connectivity index (χ3v) is 4.13. The number of amides is 2. The Bertz CT molecular complexity index is 508. The average Bonchev–Trinajstić information content (AvgIpc) is 2.85. The first kappa shape index (κ1) is 15.9. The second-order valence-electron chi connectivity index (χ2n) is 5.63. The maximum Gasteiger partial charge on any atom is 0.319 e. The quantitative estimate of drug-likeness (QED) is 0.801. The number of nitrogens with one attached hydrogen (secondary N) is 2. The smallest absolute Gasteiger partial charge is 0.319 e. The van der Waals surface area contributed by atoms with E-state index in [2.05, 4.69) is 10.6 Å². The van der Waals surface area contributed by atoms with Gasteiger partial charge in [-0.25, -0.2) is 4.79 Å². The summed E-state index contributed by atoms with van der Waals surface area (Å²) in [5.74, 6) is 0.156. The summed E-state index contributed by atoms with van der Waals surface area (Å²) >= 11 is 6.00. The Balaban J connectivity index is 2.04. The predicted octanol–water partition coefficient (Wildman–Crippen LogP) is 2.69. The molecule has 0 unspecified atom stereocenters. The molecule has 3 N–H and O–H groups in total. The number of hydrogen-bond donors (Lipinski definition) is 3. The van der Waals surface area contributed by atoms with Gasteiger partial charge >= 0.3 is 6.03 Å². The predicted molar refractivity (Wildman–Crippen MR) is 86.1 cm³/mol. The zero-order chi connectivity index (χ0) is 15.4. The van der Waals surface area contributed by atoms with Gasteiger partial charge in [-0.1, -0.05) is 18.0 Å². The highest BCUT2D eigenvalue weighted by Crippen LogP contribution is 2.28. The van der Waals surface area contributed by atoms with Crippen LogP contribution < -0.4 is 15.5 Å². The summed E-state index contributed by atoms with van der Waals surface area (Å²) in [5.41, 5.74) is 1.56. The third kappa shape index (κ3) is 4.02. The molecule has 0 aliphatic heterocycles. The normalized spacial score (nSPS) is 21.1. The van der Waals surface area contributed by atoms with Gasteiger partial charge < -0.3 is 20.6 Å². The molecule has 1 saturated carbocycles. The lowest BCUT2D eigenvalue weighted by Crippen LogP contribution is -2.41. The van der Waals surface area contributed by atoms with Crippen LogP contribution in [0.15, 0.2) is 18.2 Å². The lowest BCUT2D eigenvalue weighted by Gasteiger charge is -2.22. The van der Waals surface area contributed by atoms with Crippen LogP contribution in [0.3, 0.4) is 0 Å². The van der Waals surface area contributed by atoms with E-state index in [-0.39, 0.29) is 24.6 Å². The molecule has 1 fully saturated rings. The maximum absolute atomic E-state index is 12.2. The average molecular weight is 312 g/mol. The Kier molecular flexibility index (Phi) is 5.31. The van der Waals surface area contributed by atoms with Gasteiger partial charge in [0.2, 0.25) is 0 Å². The van der Waals surface area contributed by atoms with Crippen molar-refractivity contribution in [3.05, 3.63) is 23.2 Å². The Morgan fingerprint density at radius 2 is 2.19 bits per heavy atom. The van der Waals surface area contributed by atoms with E-state index in [0.717, 1.165) is 24.9 Å². The van der Waals surface area contributed by atoms with Gasteiger partial charge in [-0.2, -0.15) is 0 Å². The Morgan fingerprint density at radius 3 is 2.86 bits per heavy atom. The van der Waals surface area contributed by atoms with Crippen molar-refractivity contribution in [2.24, 2.45) is 5.92 Å². The van der Waals surface area contributed by atoms with Crippen LogP contribution in [-0.2, 0) is 0 Å². The van der Waals surface area contributed by atoms with Crippen molar-refractivity contribution in [2.45, 2.75) is 25.3 Å². The fraction of sp³-hybridized carbons (Fsp3) is 0.533. The van der Waals surface area contributed by atoms with Gasteiger partial charge in [0.05, 0.1) is 11.4 Å². The van der Waals surface area contributed by atoms with Crippen molar-refractivity contribution in [1.29, 1.82) is 0 Å². The molecule has 0 spiro atoms. The van der Waals surface area contributed by atoms with Gasteiger partial charge in [0.25, 0.3) is 0 Å². The molecular weight excluding hydrogens is 290 g/mol. The number of aliphatic hydroxyl groups is 1. The molecule has 0 radical (unpaired) electrons. The summed E-state index contributed by atoms with van der Waals surface area (Å²) in [5, 5.41) is 15.7. The molecule has 2 rings (SSSR count). The molecule has 1 aromatic rings. The standard InChI is InChI=1S/C15H22ClN3O2/c1-19(2)14-7-6-11(16)8-13(14)18-15(21)17-12-5-3-4-10(12)9-20/h6-8,10,12,20H,3-5,9H2,1-2H3,(H2,17,18,21)/t10-,12+/m1/s1. The molecule has 116 valence electrons. The van der Waals surface area contributed by atoms with Crippen molar-refractivity contribution in [1.82, 2.24) is 5.32 Å². The van der Waals surface area contributed by atoms with Crippen LogP contribution in [0.5, 0.6) is 0 Å². The van der Waals surface area contributed by atoms with Crippen LogP contribution in [0.2, 0.25) is 5.02 Å². The number of hydrogen-bond acceptors (Lipinski definition) is 3. The third-order valence-electron chi connectivity index (χ3n) is 3.90. The van der Waals surface area contributed by atoms with E-state index in [1.165, 1.54) is 0 Å². The Hall–Kier alpha value is -1.46. The minimum Gasteiger partial charge on any atom is -0.396 e. The van der Waals surface area contributed by atoms with Crippen LogP contribution in [0, 0.1) is 5.92 Å². The molecule has 6 heteroatoms. The number of aliphatic hydroxyl groups excluding tert-OH is 1. The summed E-state index contributed by atoms with van der Waals surface area (Å²) in [4.78, 5) is 14.1. The van der Waals surface area contributed by atoms with Crippen molar-refractivity contribution in [3.63, 3.8) is 0 Å². The molecule has 0 aromatic heterocycles. The Labute approximate surface area is 130 Å². The second-order valence-corrected chi connectivity index (χ2v) is 6.07. The monoisotopic (exact) mass is 311 g/mol. The van der Waals surface area contributed by atoms with E-state index in [1.54, 1.807) is 12.1 Å². The highest BCUT2D eigenvalue weighted by molar-refractivity contribution is 6.31. The van der Waals surface area contributed by atoms with E-state index < -0.39 is 0 Å². The second kappa shape index (κ2) is 7.00. The van der Waals surface area contributed by atoms with Crippen LogP contribution in [0.4, 0.5) is 16.2 Å². The van der Waals surface area contributed by atoms with Crippen LogP contribution in [0.25, 0.3) is 0 Å². The molecule has 1 aliphatic carbocycles. The van der Waals surface area contributed by atoms with Crippen LogP contribution in [0.1, 0.15) is 19.3 Å². The maximum atomic E-state index is 12.2. The molecule has 21 heavy (non-hydrogen) atoms. The van der Waals surface area contributed by atoms with Crippen molar-refractivity contribution >= 4 is 29.0 Å². The molecule has 0 saturated heterocycles. The topological polar surface area (TPSA) is 64.6 Å². The molecule has 0 bridgehead atoms. The molecule has 5 nitrogen and oxygen atoms in total. The van der Waals surface area contributed by atoms with E-state index in [0.29, 0.717) is 10.7 Å². The highest BCUT2D eigenvalue weighted by Gasteiger charge is 2.28. The number of benzene rings is 1. The lowest BCUT2D eigenvalue weighted by molar-refractivity contribution is 0.203. The fourth-order valence-electron chi connectivity index (χ4n) is 2.77. The number of rotatable bonds is 4. The van der Waals surface area contributed by atoms with E-state index in [9.17, 15) is 9.90 Å². The van der Waals surface area contributed by atoms with Gasteiger partial charge in [0.15, 0.2) is 0 Å². The van der Waals surface area contributed by atoms with Gasteiger partial charge in [0.1, 0.15) is 0 Å². The molecule has 0 heterocycles. The summed E-state index contributed by atoms with van der Waals surface area (Å²) in [6.45, 7) is 0.116. The minimum absolute atomic E-state index is 0.0389. The van der Waals surface area contributed by atoms with Gasteiger partial charge in [-0.05, 0) is 31.0 Å². The number of urea groups is 1. The molecule has 2 amide bonds. The molecule has 1 aromatic carbocycles.